The number of nitrogens with one attached hydrogen (secondary N) is 3. The Morgan fingerprint density at radius 2 is 1.89 bits per heavy atom. The van der Waals surface area contributed by atoms with Crippen LogP contribution in [0.3, 0.4) is 0 Å². The van der Waals surface area contributed by atoms with Crippen LogP contribution in [-0.4, -0.2) is 40.2 Å². The van der Waals surface area contributed by atoms with Gasteiger partial charge in [-0.1, -0.05) is 24.9 Å². The number of halogens is 1. The molecule has 2 rings (SSSR count). The lowest BCUT2D eigenvalue weighted by molar-refractivity contribution is 0.0697. The van der Waals surface area contributed by atoms with E-state index in [9.17, 15) is 9.59 Å². The highest BCUT2D eigenvalue weighted by Crippen LogP contribution is 2.12. The fourth-order valence-corrected chi connectivity index (χ4v) is 2.04. The van der Waals surface area contributed by atoms with E-state index in [-0.39, 0.29) is 17.3 Å². The molecule has 1 aromatic heterocycles. The number of carboxylic acid groups (broad SMARTS) is 1. The molecule has 0 aliphatic rings. The Morgan fingerprint density at radius 1 is 1.21 bits per heavy atom. The molecule has 0 spiro atoms. The number of carbonyl (C=O) groups excluding carboxylic acids is 1. The summed E-state index contributed by atoms with van der Waals surface area (Å²) in [6, 6.07) is 7.22. The summed E-state index contributed by atoms with van der Waals surface area (Å²) in [6.07, 6.45) is 2.89. The number of hydrogen-bond acceptors (Lipinski definition) is 6. The summed E-state index contributed by atoms with van der Waals surface area (Å²) in [5, 5.41) is 17.6. The van der Waals surface area contributed by atoms with Crippen molar-refractivity contribution in [2.24, 2.45) is 0 Å². The Labute approximate surface area is 168 Å². The van der Waals surface area contributed by atoms with E-state index in [0.717, 1.165) is 36.3 Å². The molecule has 0 saturated heterocycles. The van der Waals surface area contributed by atoms with Gasteiger partial charge in [0, 0.05) is 30.0 Å². The van der Waals surface area contributed by atoms with Crippen molar-refractivity contribution < 1.29 is 14.7 Å². The number of aromatic nitrogens is 2. The molecular formula is C18H25ClN6O3. The van der Waals surface area contributed by atoms with Crippen molar-refractivity contribution >= 4 is 41.1 Å². The molecule has 1 heterocycles. The Bertz CT molecular complexity index is 770. The number of urea groups is 1. The number of benzene rings is 1. The van der Waals surface area contributed by atoms with Crippen molar-refractivity contribution in [3.05, 3.63) is 41.0 Å². The molecule has 6 N–H and O–H groups in total. The van der Waals surface area contributed by atoms with E-state index in [1.165, 1.54) is 0 Å². The van der Waals surface area contributed by atoms with Crippen LogP contribution in [0.2, 0.25) is 5.02 Å². The molecule has 0 aliphatic heterocycles. The number of unbranched alkanes of at least 4 members (excludes halogenated alkanes) is 1. The lowest BCUT2D eigenvalue weighted by atomic mass is 10.3. The average molecular weight is 409 g/mol. The van der Waals surface area contributed by atoms with E-state index in [0.29, 0.717) is 6.54 Å². The number of amides is 2. The zero-order valence-corrected chi connectivity index (χ0v) is 16.6. The molecule has 0 aliphatic carbocycles. The van der Waals surface area contributed by atoms with Gasteiger partial charge in [-0.3, -0.25) is 5.32 Å². The number of nitrogens with zero attached hydrogens (tertiary/aromatic N) is 2. The third-order valence-corrected chi connectivity index (χ3v) is 3.57. The highest BCUT2D eigenvalue weighted by Gasteiger charge is 2.11. The topological polar surface area (TPSA) is 142 Å². The minimum Gasteiger partial charge on any atom is -0.477 e. The van der Waals surface area contributed by atoms with E-state index in [4.69, 9.17) is 22.4 Å². The van der Waals surface area contributed by atoms with Gasteiger partial charge < -0.3 is 21.5 Å². The number of rotatable bonds is 7. The maximum atomic E-state index is 11.4. The SMILES string of the molecule is CCCCNC(=O)Nc1ncc(C(=O)O)c(N)n1.CCNc1ccc(Cl)cc1. The van der Waals surface area contributed by atoms with Gasteiger partial charge in [-0.25, -0.2) is 14.6 Å². The molecule has 10 heteroatoms. The number of carboxylic acids is 1. The second kappa shape index (κ2) is 12.3. The number of nitrogens with two attached hydrogens (primary N) is 1. The number of anilines is 3. The van der Waals surface area contributed by atoms with Crippen molar-refractivity contribution in [2.75, 3.05) is 29.5 Å². The summed E-state index contributed by atoms with van der Waals surface area (Å²) >= 11 is 5.68. The highest BCUT2D eigenvalue weighted by molar-refractivity contribution is 6.30. The molecular weight excluding hydrogens is 384 g/mol. The van der Waals surface area contributed by atoms with E-state index in [1.54, 1.807) is 0 Å². The van der Waals surface area contributed by atoms with Crippen molar-refractivity contribution in [3.63, 3.8) is 0 Å². The van der Waals surface area contributed by atoms with Gasteiger partial charge in [-0.15, -0.1) is 0 Å². The lowest BCUT2D eigenvalue weighted by Crippen LogP contribution is -2.30. The van der Waals surface area contributed by atoms with Gasteiger partial charge in [0.1, 0.15) is 11.4 Å². The second-order valence-corrected chi connectivity index (χ2v) is 6.01. The van der Waals surface area contributed by atoms with Gasteiger partial charge in [0.25, 0.3) is 0 Å². The molecule has 0 fully saturated rings. The highest BCUT2D eigenvalue weighted by atomic mass is 35.5. The maximum Gasteiger partial charge on any atom is 0.341 e. The van der Waals surface area contributed by atoms with E-state index in [2.05, 4.69) is 32.8 Å². The van der Waals surface area contributed by atoms with Crippen LogP contribution < -0.4 is 21.7 Å². The normalized spacial score (nSPS) is 9.68. The predicted octanol–water partition coefficient (Wildman–Crippen LogP) is 3.45. The number of nitrogen functional groups attached to an aromatic ring is 1. The third-order valence-electron chi connectivity index (χ3n) is 3.31. The van der Waals surface area contributed by atoms with Gasteiger partial charge in [-0.05, 0) is 37.6 Å². The first kappa shape index (κ1) is 23.0. The van der Waals surface area contributed by atoms with Crippen LogP contribution in [-0.2, 0) is 0 Å². The second-order valence-electron chi connectivity index (χ2n) is 5.57. The fraction of sp³-hybridized carbons (Fsp3) is 0.333. The summed E-state index contributed by atoms with van der Waals surface area (Å²) < 4.78 is 0. The molecule has 9 nitrogen and oxygen atoms in total. The van der Waals surface area contributed by atoms with Crippen LogP contribution in [0.1, 0.15) is 37.0 Å². The molecule has 0 bridgehead atoms. The molecule has 1 aromatic carbocycles. The summed E-state index contributed by atoms with van der Waals surface area (Å²) in [7, 11) is 0. The molecule has 0 radical (unpaired) electrons. The van der Waals surface area contributed by atoms with E-state index >= 15 is 0 Å². The van der Waals surface area contributed by atoms with E-state index in [1.807, 2.05) is 31.2 Å². The third kappa shape index (κ3) is 8.54. The quantitative estimate of drug-likeness (QED) is 0.441. The summed E-state index contributed by atoms with van der Waals surface area (Å²) in [6.45, 7) is 5.56. The minimum absolute atomic E-state index is 0.0356. The Kier molecular flexibility index (Phi) is 10.1. The van der Waals surface area contributed by atoms with Gasteiger partial charge >= 0.3 is 12.0 Å². The van der Waals surface area contributed by atoms with Crippen LogP contribution in [0.4, 0.5) is 22.2 Å². The smallest absolute Gasteiger partial charge is 0.341 e. The molecule has 2 amide bonds. The van der Waals surface area contributed by atoms with Crippen LogP contribution in [0.15, 0.2) is 30.5 Å². The molecule has 152 valence electrons. The minimum atomic E-state index is -1.22. The number of carbonyl (C=O) groups is 2. The van der Waals surface area contributed by atoms with Crippen LogP contribution >= 0.6 is 11.6 Å². The van der Waals surface area contributed by atoms with Crippen LogP contribution in [0.25, 0.3) is 0 Å². The summed E-state index contributed by atoms with van der Waals surface area (Å²) in [4.78, 5) is 29.4. The van der Waals surface area contributed by atoms with Crippen LogP contribution in [0, 0.1) is 0 Å². The Balaban J connectivity index is 0.000000330. The van der Waals surface area contributed by atoms with Gasteiger partial charge in [0.2, 0.25) is 5.95 Å². The Morgan fingerprint density at radius 3 is 2.43 bits per heavy atom. The molecule has 28 heavy (non-hydrogen) atoms. The van der Waals surface area contributed by atoms with Crippen molar-refractivity contribution in [2.45, 2.75) is 26.7 Å². The standard InChI is InChI=1S/C10H15N5O3.C8H10ClN/c1-2-3-4-12-10(18)15-9-13-5-6(8(16)17)7(11)14-9;1-2-10-8-5-3-7(9)4-6-8/h5H,2-4H2,1H3,(H,16,17)(H4,11,12,13,14,15,18);3-6,10H,2H2,1H3. The van der Waals surface area contributed by atoms with Gasteiger partial charge in [0.05, 0.1) is 0 Å². The number of hydrogen-bond donors (Lipinski definition) is 5. The van der Waals surface area contributed by atoms with Crippen molar-refractivity contribution in [1.29, 1.82) is 0 Å². The van der Waals surface area contributed by atoms with Crippen molar-refractivity contribution in [3.8, 4) is 0 Å². The number of aromatic carboxylic acids is 1. The van der Waals surface area contributed by atoms with Gasteiger partial charge in [0.15, 0.2) is 0 Å². The fourth-order valence-electron chi connectivity index (χ4n) is 1.92. The molecule has 0 unspecified atom stereocenters. The first-order chi connectivity index (χ1) is 13.4. The van der Waals surface area contributed by atoms with Crippen molar-refractivity contribution in [1.82, 2.24) is 15.3 Å². The zero-order valence-electron chi connectivity index (χ0n) is 15.8. The van der Waals surface area contributed by atoms with Gasteiger partial charge in [-0.2, -0.15) is 4.98 Å². The average Bonchev–Trinajstić information content (AvgIpc) is 2.64. The Hall–Kier alpha value is -3.07. The van der Waals surface area contributed by atoms with E-state index < -0.39 is 12.0 Å². The first-order valence-electron chi connectivity index (χ1n) is 8.77. The maximum absolute atomic E-state index is 11.4. The molecule has 0 atom stereocenters. The zero-order chi connectivity index (χ0) is 20.9. The monoisotopic (exact) mass is 408 g/mol. The summed E-state index contributed by atoms with van der Waals surface area (Å²) in [5.41, 5.74) is 6.33. The first-order valence-corrected chi connectivity index (χ1v) is 9.15. The molecule has 0 saturated carbocycles. The molecule has 2 aromatic rings. The largest absolute Gasteiger partial charge is 0.477 e. The lowest BCUT2D eigenvalue weighted by Gasteiger charge is -2.06. The predicted molar refractivity (Wildman–Crippen MR) is 111 cm³/mol. The van der Waals surface area contributed by atoms with Crippen LogP contribution in [0.5, 0.6) is 0 Å². The summed E-state index contributed by atoms with van der Waals surface area (Å²) in [5.74, 6) is -1.45.